The molecule has 1 amide bonds. The summed E-state index contributed by atoms with van der Waals surface area (Å²) in [5, 5.41) is 19.5. The highest BCUT2D eigenvalue weighted by Gasteiger charge is 2.30. The highest BCUT2D eigenvalue weighted by atomic mass is 32.1. The second-order valence-corrected chi connectivity index (χ2v) is 6.99. The molecule has 0 saturated heterocycles. The van der Waals surface area contributed by atoms with Gasteiger partial charge in [-0.2, -0.15) is 13.2 Å². The maximum Gasteiger partial charge on any atom is 0.416 e. The minimum atomic E-state index is -4.47. The highest BCUT2D eigenvalue weighted by Crippen LogP contribution is 2.34. The maximum absolute atomic E-state index is 12.8. The van der Waals surface area contributed by atoms with Crippen LogP contribution in [0.1, 0.15) is 18.4 Å². The van der Waals surface area contributed by atoms with Crippen molar-refractivity contribution in [1.29, 1.82) is 0 Å². The van der Waals surface area contributed by atoms with Gasteiger partial charge in [0.2, 0.25) is 11.0 Å². The molecule has 0 saturated carbocycles. The Balaban J connectivity index is 1.71. The number of nitrogens with zero attached hydrogens (tertiary/aromatic N) is 2. The van der Waals surface area contributed by atoms with Gasteiger partial charge < -0.3 is 15.2 Å². The van der Waals surface area contributed by atoms with Crippen LogP contribution in [0.15, 0.2) is 48.5 Å². The van der Waals surface area contributed by atoms with E-state index in [9.17, 15) is 22.8 Å². The lowest BCUT2D eigenvalue weighted by atomic mass is 10.2. The number of anilines is 1. The van der Waals surface area contributed by atoms with E-state index in [4.69, 9.17) is 9.84 Å². The predicted octanol–water partition coefficient (Wildman–Crippen LogP) is 4.82. The Bertz CT molecular complexity index is 1070. The SMILES string of the molecule is O=C(O)CCC(=O)Nc1nnc(-c2cccc(Oc3cccc(C(F)(F)F)c3)c2)s1. The largest absolute Gasteiger partial charge is 0.481 e. The molecule has 3 aromatic rings. The Labute approximate surface area is 172 Å². The van der Waals surface area contributed by atoms with Gasteiger partial charge in [-0.05, 0) is 30.3 Å². The molecule has 0 aliphatic rings. The number of nitrogens with one attached hydrogen (secondary N) is 1. The number of carboxylic acid groups (broad SMARTS) is 1. The van der Waals surface area contributed by atoms with Gasteiger partial charge >= 0.3 is 12.1 Å². The van der Waals surface area contributed by atoms with Crippen LogP contribution < -0.4 is 10.1 Å². The Kier molecular flexibility index (Phi) is 6.31. The molecule has 1 aromatic heterocycles. The Morgan fingerprint density at radius 2 is 1.73 bits per heavy atom. The van der Waals surface area contributed by atoms with Crippen LogP contribution in [-0.2, 0) is 15.8 Å². The monoisotopic (exact) mass is 437 g/mol. The van der Waals surface area contributed by atoms with Crippen LogP contribution in [0.25, 0.3) is 10.6 Å². The van der Waals surface area contributed by atoms with Crippen molar-refractivity contribution in [2.75, 3.05) is 5.32 Å². The predicted molar refractivity (Wildman–Crippen MR) is 102 cm³/mol. The number of hydrogen-bond donors (Lipinski definition) is 2. The molecule has 0 fully saturated rings. The third kappa shape index (κ3) is 5.77. The molecule has 0 atom stereocenters. The smallest absolute Gasteiger partial charge is 0.416 e. The van der Waals surface area contributed by atoms with E-state index in [0.717, 1.165) is 23.5 Å². The van der Waals surface area contributed by atoms with Crippen molar-refractivity contribution in [3.8, 4) is 22.1 Å². The van der Waals surface area contributed by atoms with Crippen LogP contribution in [0.5, 0.6) is 11.5 Å². The van der Waals surface area contributed by atoms with Crippen molar-refractivity contribution in [2.45, 2.75) is 19.0 Å². The van der Waals surface area contributed by atoms with Crippen molar-refractivity contribution < 1.29 is 32.6 Å². The number of benzene rings is 2. The molecule has 3 rings (SSSR count). The number of aromatic nitrogens is 2. The van der Waals surface area contributed by atoms with E-state index in [0.29, 0.717) is 16.3 Å². The minimum Gasteiger partial charge on any atom is -0.481 e. The topological polar surface area (TPSA) is 101 Å². The Morgan fingerprint density at radius 3 is 2.43 bits per heavy atom. The van der Waals surface area contributed by atoms with E-state index in [2.05, 4.69) is 15.5 Å². The molecule has 30 heavy (non-hydrogen) atoms. The van der Waals surface area contributed by atoms with Crippen molar-refractivity contribution in [1.82, 2.24) is 10.2 Å². The van der Waals surface area contributed by atoms with Crippen molar-refractivity contribution in [3.05, 3.63) is 54.1 Å². The van der Waals surface area contributed by atoms with Gasteiger partial charge in [0.05, 0.1) is 12.0 Å². The van der Waals surface area contributed by atoms with Gasteiger partial charge in [-0.3, -0.25) is 9.59 Å². The van der Waals surface area contributed by atoms with Crippen LogP contribution in [-0.4, -0.2) is 27.2 Å². The van der Waals surface area contributed by atoms with E-state index < -0.39 is 23.6 Å². The number of aliphatic carboxylic acids is 1. The summed E-state index contributed by atoms with van der Waals surface area (Å²) >= 11 is 1.06. The summed E-state index contributed by atoms with van der Waals surface area (Å²) in [4.78, 5) is 22.2. The number of carbonyl (C=O) groups is 2. The summed E-state index contributed by atoms with van der Waals surface area (Å²) in [5.41, 5.74) is -0.230. The number of halogens is 3. The number of rotatable bonds is 7. The zero-order valence-electron chi connectivity index (χ0n) is 15.1. The molecule has 0 aliphatic heterocycles. The van der Waals surface area contributed by atoms with E-state index in [1.54, 1.807) is 24.3 Å². The molecular formula is C19H14F3N3O4S. The zero-order valence-corrected chi connectivity index (χ0v) is 16.0. The first-order chi connectivity index (χ1) is 14.2. The Hall–Kier alpha value is -3.47. The molecule has 2 aromatic carbocycles. The van der Waals surface area contributed by atoms with Crippen molar-refractivity contribution in [3.63, 3.8) is 0 Å². The van der Waals surface area contributed by atoms with Crippen molar-refractivity contribution in [2.24, 2.45) is 0 Å². The van der Waals surface area contributed by atoms with E-state index in [1.165, 1.54) is 12.1 Å². The lowest BCUT2D eigenvalue weighted by molar-refractivity contribution is -0.138. The second kappa shape index (κ2) is 8.91. The molecular weight excluding hydrogens is 423 g/mol. The molecule has 0 radical (unpaired) electrons. The summed E-state index contributed by atoms with van der Waals surface area (Å²) in [5.74, 6) is -1.25. The fourth-order valence-electron chi connectivity index (χ4n) is 2.36. The quantitative estimate of drug-likeness (QED) is 0.550. The zero-order chi connectivity index (χ0) is 21.7. The summed E-state index contributed by atoms with van der Waals surface area (Å²) in [7, 11) is 0. The molecule has 0 bridgehead atoms. The van der Waals surface area contributed by atoms with E-state index >= 15 is 0 Å². The normalized spacial score (nSPS) is 11.2. The molecule has 0 aliphatic carbocycles. The first-order valence-corrected chi connectivity index (χ1v) is 9.33. The van der Waals surface area contributed by atoms with Gasteiger partial charge in [-0.15, -0.1) is 10.2 Å². The molecule has 7 nitrogen and oxygen atoms in total. The van der Waals surface area contributed by atoms with Gasteiger partial charge in [0.15, 0.2) is 0 Å². The summed E-state index contributed by atoms with van der Waals surface area (Å²) in [6, 6.07) is 11.0. The number of amides is 1. The molecule has 11 heteroatoms. The van der Waals surface area contributed by atoms with Gasteiger partial charge in [-0.25, -0.2) is 0 Å². The third-order valence-electron chi connectivity index (χ3n) is 3.72. The lowest BCUT2D eigenvalue weighted by Crippen LogP contribution is -2.12. The average molecular weight is 437 g/mol. The molecule has 1 heterocycles. The van der Waals surface area contributed by atoms with Gasteiger partial charge in [0, 0.05) is 12.0 Å². The fraction of sp³-hybridized carbons (Fsp3) is 0.158. The van der Waals surface area contributed by atoms with Crippen LogP contribution in [0.3, 0.4) is 0 Å². The molecule has 2 N–H and O–H groups in total. The van der Waals surface area contributed by atoms with Crippen LogP contribution >= 0.6 is 11.3 Å². The lowest BCUT2D eigenvalue weighted by Gasteiger charge is -2.10. The summed E-state index contributed by atoms with van der Waals surface area (Å²) in [6.45, 7) is 0. The van der Waals surface area contributed by atoms with Gasteiger partial charge in [-0.1, -0.05) is 29.5 Å². The van der Waals surface area contributed by atoms with Crippen LogP contribution in [0, 0.1) is 0 Å². The maximum atomic E-state index is 12.8. The van der Waals surface area contributed by atoms with Crippen LogP contribution in [0.4, 0.5) is 18.3 Å². The number of carbonyl (C=O) groups excluding carboxylic acids is 1. The van der Waals surface area contributed by atoms with Gasteiger partial charge in [0.1, 0.15) is 16.5 Å². The highest BCUT2D eigenvalue weighted by molar-refractivity contribution is 7.18. The van der Waals surface area contributed by atoms with Gasteiger partial charge in [0.25, 0.3) is 0 Å². The first kappa shape index (κ1) is 21.2. The second-order valence-electron chi connectivity index (χ2n) is 6.01. The average Bonchev–Trinajstić information content (AvgIpc) is 3.15. The number of carboxylic acids is 1. The summed E-state index contributed by atoms with van der Waals surface area (Å²) < 4.78 is 44.1. The Morgan fingerprint density at radius 1 is 1.03 bits per heavy atom. The molecule has 0 spiro atoms. The number of ether oxygens (including phenoxy) is 1. The third-order valence-corrected chi connectivity index (χ3v) is 4.60. The van der Waals surface area contributed by atoms with Crippen LogP contribution in [0.2, 0.25) is 0 Å². The standard InChI is InChI=1S/C19H14F3N3O4S/c20-19(21,22)12-4-2-6-14(10-12)29-13-5-1-3-11(9-13)17-24-25-18(30-17)23-15(26)7-8-16(27)28/h1-6,9-10H,7-8H2,(H,27,28)(H,23,25,26). The first-order valence-electron chi connectivity index (χ1n) is 8.51. The number of hydrogen-bond acceptors (Lipinski definition) is 6. The number of alkyl halides is 3. The van der Waals surface area contributed by atoms with E-state index in [-0.39, 0.29) is 23.7 Å². The fourth-order valence-corrected chi connectivity index (χ4v) is 3.11. The van der Waals surface area contributed by atoms with E-state index in [1.807, 2.05) is 0 Å². The summed E-state index contributed by atoms with van der Waals surface area (Å²) in [6.07, 6.45) is -4.96. The minimum absolute atomic E-state index is 0.0330. The molecule has 156 valence electrons. The molecule has 0 unspecified atom stereocenters. The van der Waals surface area contributed by atoms with Crippen molar-refractivity contribution >= 4 is 28.3 Å².